The first-order valence-electron chi connectivity index (χ1n) is 10.5. The molecule has 0 fully saturated rings. The van der Waals surface area contributed by atoms with Crippen LogP contribution in [-0.4, -0.2) is 25.1 Å². The number of benzene rings is 2. The first-order chi connectivity index (χ1) is 16.3. The van der Waals surface area contributed by atoms with E-state index < -0.39 is 11.9 Å². The lowest BCUT2D eigenvalue weighted by molar-refractivity contribution is -0.139. The lowest BCUT2D eigenvalue weighted by Crippen LogP contribution is -2.29. The van der Waals surface area contributed by atoms with Gasteiger partial charge < -0.3 is 25.3 Å². The van der Waals surface area contributed by atoms with Gasteiger partial charge in [-0.1, -0.05) is 46.3 Å². The lowest BCUT2D eigenvalue weighted by atomic mass is 9.82. The molecule has 0 bridgehead atoms. The molecule has 2 aromatic carbocycles. The van der Waals surface area contributed by atoms with Crippen molar-refractivity contribution in [1.82, 2.24) is 5.32 Å². The van der Waals surface area contributed by atoms with Gasteiger partial charge in [-0.05, 0) is 37.6 Å². The average Bonchev–Trinajstić information content (AvgIpc) is 2.82. The Balaban J connectivity index is 1.89. The van der Waals surface area contributed by atoms with Gasteiger partial charge >= 0.3 is 5.97 Å². The minimum atomic E-state index is -0.891. The third-order valence-corrected chi connectivity index (χ3v) is 5.57. The number of halogens is 1. The van der Waals surface area contributed by atoms with Crippen LogP contribution >= 0.6 is 15.9 Å². The number of nitrogens with one attached hydrogen (secondary N) is 1. The van der Waals surface area contributed by atoms with Crippen molar-refractivity contribution in [2.24, 2.45) is 5.73 Å². The van der Waals surface area contributed by atoms with E-state index in [0.29, 0.717) is 22.3 Å². The van der Waals surface area contributed by atoms with Gasteiger partial charge in [-0.25, -0.2) is 4.79 Å². The van der Waals surface area contributed by atoms with Crippen LogP contribution in [0.4, 0.5) is 0 Å². The number of nitrogens with two attached hydrogens (primary N) is 1. The number of carbonyl (C=O) groups is 2. The average molecular weight is 526 g/mol. The highest BCUT2D eigenvalue weighted by Gasteiger charge is 2.38. The zero-order valence-electron chi connectivity index (χ0n) is 18.8. The van der Waals surface area contributed by atoms with Crippen molar-refractivity contribution in [1.29, 1.82) is 5.26 Å². The molecule has 2 aromatic rings. The molecule has 3 rings (SSSR count). The van der Waals surface area contributed by atoms with E-state index in [1.54, 1.807) is 32.0 Å². The third kappa shape index (κ3) is 5.77. The zero-order chi connectivity index (χ0) is 24.7. The number of esters is 1. The largest absolute Gasteiger partial charge is 0.483 e. The summed E-state index contributed by atoms with van der Waals surface area (Å²) in [5, 5.41) is 12.6. The Kier molecular flexibility index (Phi) is 8.33. The zero-order valence-corrected chi connectivity index (χ0v) is 20.3. The SMILES string of the molecule is CCOC(=O)C1=C(C)OC(N)=C(C#N)C1c1cc(Br)ccc1OCC(=O)NCc1ccccc1. The van der Waals surface area contributed by atoms with E-state index >= 15 is 0 Å². The minimum Gasteiger partial charge on any atom is -0.483 e. The second-order valence-electron chi connectivity index (χ2n) is 7.35. The number of nitriles is 1. The molecule has 1 aliphatic rings. The van der Waals surface area contributed by atoms with Gasteiger partial charge in [0.25, 0.3) is 5.91 Å². The molecule has 34 heavy (non-hydrogen) atoms. The summed E-state index contributed by atoms with van der Waals surface area (Å²) in [6, 6.07) is 16.6. The van der Waals surface area contributed by atoms with Crippen LogP contribution in [0.1, 0.15) is 30.9 Å². The predicted molar refractivity (Wildman–Crippen MR) is 128 cm³/mol. The van der Waals surface area contributed by atoms with E-state index in [2.05, 4.69) is 21.2 Å². The van der Waals surface area contributed by atoms with E-state index in [1.807, 2.05) is 36.4 Å². The predicted octanol–water partition coefficient (Wildman–Crippen LogP) is 3.79. The molecule has 0 saturated carbocycles. The number of hydrogen-bond donors (Lipinski definition) is 2. The maximum Gasteiger partial charge on any atom is 0.338 e. The first kappa shape index (κ1) is 24.9. The first-order valence-corrected chi connectivity index (χ1v) is 11.3. The van der Waals surface area contributed by atoms with Crippen LogP contribution in [0.15, 0.2) is 75.8 Å². The van der Waals surface area contributed by atoms with Crippen molar-refractivity contribution in [3.05, 3.63) is 86.9 Å². The number of nitrogens with zero attached hydrogens (tertiary/aromatic N) is 1. The fourth-order valence-electron chi connectivity index (χ4n) is 3.53. The maximum atomic E-state index is 12.8. The van der Waals surface area contributed by atoms with Crippen LogP contribution in [0, 0.1) is 11.3 Å². The van der Waals surface area contributed by atoms with Gasteiger partial charge in [0.15, 0.2) is 6.61 Å². The number of hydrogen-bond acceptors (Lipinski definition) is 7. The fourth-order valence-corrected chi connectivity index (χ4v) is 3.91. The fraction of sp³-hybridized carbons (Fsp3) is 0.240. The van der Waals surface area contributed by atoms with Gasteiger partial charge in [0, 0.05) is 16.6 Å². The van der Waals surface area contributed by atoms with Crippen LogP contribution in [-0.2, 0) is 25.6 Å². The molecule has 1 atom stereocenters. The standard InChI is InChI=1S/C25H24BrN3O5/c1-3-32-25(31)22-15(2)34-24(28)19(12-27)23(22)18-11-17(26)9-10-20(18)33-14-21(30)29-13-16-7-5-4-6-8-16/h4-11,23H,3,13-14,28H2,1-2H3,(H,29,30). The molecule has 0 spiro atoms. The molecule has 9 heteroatoms. The molecular formula is C25H24BrN3O5. The van der Waals surface area contributed by atoms with E-state index in [0.717, 1.165) is 5.56 Å². The summed E-state index contributed by atoms with van der Waals surface area (Å²) in [6.07, 6.45) is 0. The maximum absolute atomic E-state index is 12.8. The molecule has 1 amide bonds. The summed E-state index contributed by atoms with van der Waals surface area (Å²) in [4.78, 5) is 25.2. The highest BCUT2D eigenvalue weighted by Crippen LogP contribution is 2.43. The van der Waals surface area contributed by atoms with Gasteiger partial charge in [0.2, 0.25) is 5.88 Å². The molecule has 1 aliphatic heterocycles. The summed E-state index contributed by atoms with van der Waals surface area (Å²) in [6.45, 7) is 3.51. The Labute approximate surface area is 206 Å². The molecule has 0 aromatic heterocycles. The highest BCUT2D eigenvalue weighted by molar-refractivity contribution is 9.10. The van der Waals surface area contributed by atoms with Crippen molar-refractivity contribution < 1.29 is 23.8 Å². The smallest absolute Gasteiger partial charge is 0.338 e. The van der Waals surface area contributed by atoms with E-state index in [4.69, 9.17) is 19.9 Å². The second-order valence-corrected chi connectivity index (χ2v) is 8.26. The molecule has 0 aliphatic carbocycles. The molecule has 1 unspecified atom stereocenters. The Hall–Kier alpha value is -3.77. The second kappa shape index (κ2) is 11.4. The Bertz CT molecular complexity index is 1180. The Morgan fingerprint density at radius 3 is 2.65 bits per heavy atom. The number of carbonyl (C=O) groups excluding carboxylic acids is 2. The summed E-state index contributed by atoms with van der Waals surface area (Å²) in [5.41, 5.74) is 7.60. The van der Waals surface area contributed by atoms with Crippen molar-refractivity contribution >= 4 is 27.8 Å². The van der Waals surface area contributed by atoms with Crippen molar-refractivity contribution in [2.45, 2.75) is 26.3 Å². The van der Waals surface area contributed by atoms with E-state index in [9.17, 15) is 14.9 Å². The molecule has 1 heterocycles. The minimum absolute atomic E-state index is 0.0464. The van der Waals surface area contributed by atoms with E-state index in [-0.39, 0.29) is 41.9 Å². The molecule has 3 N–H and O–H groups in total. The van der Waals surface area contributed by atoms with Crippen LogP contribution in [0.3, 0.4) is 0 Å². The number of ether oxygens (including phenoxy) is 3. The van der Waals surface area contributed by atoms with Gasteiger partial charge in [-0.2, -0.15) is 5.26 Å². The normalized spacial score (nSPS) is 15.3. The topological polar surface area (TPSA) is 124 Å². The van der Waals surface area contributed by atoms with Crippen LogP contribution in [0.25, 0.3) is 0 Å². The monoisotopic (exact) mass is 525 g/mol. The summed E-state index contributed by atoms with van der Waals surface area (Å²) >= 11 is 3.42. The lowest BCUT2D eigenvalue weighted by Gasteiger charge is -2.28. The number of allylic oxidation sites excluding steroid dienone is 2. The molecule has 0 radical (unpaired) electrons. The highest BCUT2D eigenvalue weighted by atomic mass is 79.9. The van der Waals surface area contributed by atoms with Crippen LogP contribution < -0.4 is 15.8 Å². The third-order valence-electron chi connectivity index (χ3n) is 5.08. The van der Waals surface area contributed by atoms with E-state index in [1.165, 1.54) is 0 Å². The number of rotatable bonds is 8. The van der Waals surface area contributed by atoms with Gasteiger partial charge in [0.05, 0.1) is 18.1 Å². The van der Waals surface area contributed by atoms with Crippen LogP contribution in [0.2, 0.25) is 0 Å². The molecule has 176 valence electrons. The van der Waals surface area contributed by atoms with Crippen molar-refractivity contribution in [3.63, 3.8) is 0 Å². The Morgan fingerprint density at radius 1 is 1.24 bits per heavy atom. The molecule has 0 saturated heterocycles. The summed E-state index contributed by atoms with van der Waals surface area (Å²) < 4.78 is 17.2. The van der Waals surface area contributed by atoms with Gasteiger partial charge in [-0.3, -0.25) is 4.79 Å². The number of amides is 1. The summed E-state index contributed by atoms with van der Waals surface area (Å²) in [5.74, 6) is -1.40. The summed E-state index contributed by atoms with van der Waals surface area (Å²) in [7, 11) is 0. The molecular weight excluding hydrogens is 502 g/mol. The quantitative estimate of drug-likeness (QED) is 0.502. The van der Waals surface area contributed by atoms with Crippen molar-refractivity contribution in [2.75, 3.05) is 13.2 Å². The van der Waals surface area contributed by atoms with Gasteiger partial charge in [-0.15, -0.1) is 0 Å². The van der Waals surface area contributed by atoms with Gasteiger partial charge in [0.1, 0.15) is 23.2 Å². The van der Waals surface area contributed by atoms with Crippen molar-refractivity contribution in [3.8, 4) is 11.8 Å². The Morgan fingerprint density at radius 2 is 1.97 bits per heavy atom. The molecule has 8 nitrogen and oxygen atoms in total. The van der Waals surface area contributed by atoms with Crippen LogP contribution in [0.5, 0.6) is 5.75 Å².